The van der Waals surface area contributed by atoms with Crippen molar-refractivity contribution >= 4 is 13.0 Å². The molecule has 1 amide bonds. The molecule has 2 N–H and O–H groups in total. The fourth-order valence-electron chi connectivity index (χ4n) is 2.25. The molecule has 2 rings (SSSR count). The summed E-state index contributed by atoms with van der Waals surface area (Å²) in [5, 5.41) is 6.02. The Labute approximate surface area is 124 Å². The van der Waals surface area contributed by atoms with Crippen LogP contribution in [-0.4, -0.2) is 45.3 Å². The summed E-state index contributed by atoms with van der Waals surface area (Å²) in [6, 6.07) is 6.22. The highest BCUT2D eigenvalue weighted by molar-refractivity contribution is 6.47. The molecule has 0 bridgehead atoms. The van der Waals surface area contributed by atoms with Crippen LogP contribution in [-0.2, 0) is 20.5 Å². The first-order valence-electron chi connectivity index (χ1n) is 7.10. The van der Waals surface area contributed by atoms with Gasteiger partial charge in [0.15, 0.2) is 0 Å². The Morgan fingerprint density at radius 1 is 1.33 bits per heavy atom. The van der Waals surface area contributed by atoms with Crippen LogP contribution < -0.4 is 10.6 Å². The van der Waals surface area contributed by atoms with Gasteiger partial charge in [0.2, 0.25) is 5.91 Å². The quantitative estimate of drug-likeness (QED) is 0.796. The fourth-order valence-corrected chi connectivity index (χ4v) is 2.25. The lowest BCUT2D eigenvalue weighted by molar-refractivity contribution is -0.119. The first-order chi connectivity index (χ1) is 10.1. The number of amides is 1. The Kier molecular flexibility index (Phi) is 6.16. The third kappa shape index (κ3) is 5.45. The predicted molar refractivity (Wildman–Crippen MR) is 78.2 cm³/mol. The van der Waals surface area contributed by atoms with Gasteiger partial charge in [-0.05, 0) is 24.1 Å². The summed E-state index contributed by atoms with van der Waals surface area (Å²) in [5.74, 6) is -0.722. The van der Waals surface area contributed by atoms with E-state index in [2.05, 4.69) is 10.6 Å². The second kappa shape index (κ2) is 8.12. The number of nitrogens with one attached hydrogen (secondary N) is 2. The molecule has 0 unspecified atom stereocenters. The van der Waals surface area contributed by atoms with E-state index < -0.39 is 7.12 Å². The number of halogens is 1. The molecule has 1 aromatic carbocycles. The zero-order chi connectivity index (χ0) is 15.1. The van der Waals surface area contributed by atoms with Crippen molar-refractivity contribution in [1.82, 2.24) is 10.6 Å². The molecule has 0 aromatic heterocycles. The second-order valence-electron chi connectivity index (χ2n) is 5.00. The molecule has 1 aliphatic rings. The van der Waals surface area contributed by atoms with Gasteiger partial charge in [0.05, 0.1) is 5.94 Å². The van der Waals surface area contributed by atoms with E-state index in [1.165, 1.54) is 19.1 Å². The Bertz CT molecular complexity index is 450. The van der Waals surface area contributed by atoms with Gasteiger partial charge in [-0.3, -0.25) is 4.79 Å². The minimum Gasteiger partial charge on any atom is -0.408 e. The van der Waals surface area contributed by atoms with Crippen molar-refractivity contribution in [3.63, 3.8) is 0 Å². The largest absolute Gasteiger partial charge is 0.481 e. The highest BCUT2D eigenvalue weighted by Gasteiger charge is 2.32. The van der Waals surface area contributed by atoms with Crippen LogP contribution in [0.15, 0.2) is 24.3 Å². The van der Waals surface area contributed by atoms with Crippen LogP contribution in [0.1, 0.15) is 12.5 Å². The molecule has 1 atom stereocenters. The Balaban J connectivity index is 2.04. The van der Waals surface area contributed by atoms with Gasteiger partial charge in [0, 0.05) is 33.2 Å². The van der Waals surface area contributed by atoms with Crippen LogP contribution in [0.5, 0.6) is 0 Å². The number of rotatable bonds is 4. The SMILES string of the molecule is CC(=O)N[C@@H](Cc1ccc(F)cc1)B1OCCNCCO1. The second-order valence-corrected chi connectivity index (χ2v) is 5.00. The molecule has 1 heterocycles. The van der Waals surface area contributed by atoms with E-state index in [4.69, 9.17) is 9.31 Å². The molecule has 5 nitrogen and oxygen atoms in total. The summed E-state index contributed by atoms with van der Waals surface area (Å²) in [4.78, 5) is 11.4. The number of carbonyl (C=O) groups excluding carboxylic acids is 1. The molecule has 21 heavy (non-hydrogen) atoms. The van der Waals surface area contributed by atoms with Gasteiger partial charge in [-0.1, -0.05) is 12.1 Å². The van der Waals surface area contributed by atoms with Crippen molar-refractivity contribution in [1.29, 1.82) is 0 Å². The van der Waals surface area contributed by atoms with Gasteiger partial charge in [-0.15, -0.1) is 0 Å². The molecule has 1 saturated heterocycles. The number of carbonyl (C=O) groups is 1. The Morgan fingerprint density at radius 3 is 2.52 bits per heavy atom. The van der Waals surface area contributed by atoms with Crippen molar-refractivity contribution in [2.75, 3.05) is 26.3 Å². The van der Waals surface area contributed by atoms with Gasteiger partial charge in [0.1, 0.15) is 5.82 Å². The van der Waals surface area contributed by atoms with Gasteiger partial charge < -0.3 is 19.9 Å². The van der Waals surface area contributed by atoms with Crippen molar-refractivity contribution in [3.8, 4) is 0 Å². The Hall–Kier alpha value is -1.44. The first kappa shape index (κ1) is 15.9. The highest BCUT2D eigenvalue weighted by Crippen LogP contribution is 2.10. The van der Waals surface area contributed by atoms with Crippen LogP contribution in [0.25, 0.3) is 0 Å². The topological polar surface area (TPSA) is 59.6 Å². The molecular weight excluding hydrogens is 274 g/mol. The van der Waals surface area contributed by atoms with E-state index in [1.807, 2.05) is 0 Å². The van der Waals surface area contributed by atoms with Crippen LogP contribution >= 0.6 is 0 Å². The predicted octanol–water partition coefficient (Wildman–Crippen LogP) is 0.537. The standard InChI is InChI=1S/C14H20BFN2O3/c1-11(19)18-14(10-12-2-4-13(16)5-3-12)15-20-8-6-17-7-9-21-15/h2-5,14,17H,6-10H2,1H3,(H,18,19)/t14-/m0/s1. The highest BCUT2D eigenvalue weighted by atomic mass is 19.1. The molecular formula is C14H20BFN2O3. The molecule has 1 aliphatic heterocycles. The lowest BCUT2D eigenvalue weighted by Gasteiger charge is -2.26. The normalized spacial score (nSPS) is 17.7. The number of hydrogen-bond donors (Lipinski definition) is 2. The maximum absolute atomic E-state index is 13.0. The van der Waals surface area contributed by atoms with Crippen molar-refractivity contribution in [3.05, 3.63) is 35.6 Å². The molecule has 1 fully saturated rings. The van der Waals surface area contributed by atoms with Crippen LogP contribution in [0.3, 0.4) is 0 Å². The average molecular weight is 294 g/mol. The maximum atomic E-state index is 13.0. The molecule has 0 saturated carbocycles. The fraction of sp³-hybridized carbons (Fsp3) is 0.500. The van der Waals surface area contributed by atoms with E-state index >= 15 is 0 Å². The van der Waals surface area contributed by atoms with E-state index in [-0.39, 0.29) is 17.7 Å². The summed E-state index contributed by atoms with van der Waals surface area (Å²) >= 11 is 0. The van der Waals surface area contributed by atoms with Crippen molar-refractivity contribution in [2.45, 2.75) is 19.3 Å². The zero-order valence-electron chi connectivity index (χ0n) is 12.1. The molecule has 7 heteroatoms. The van der Waals surface area contributed by atoms with Gasteiger partial charge >= 0.3 is 7.12 Å². The summed E-state index contributed by atoms with van der Waals surface area (Å²) in [7, 11) is -0.499. The number of hydrogen-bond acceptors (Lipinski definition) is 4. The van der Waals surface area contributed by atoms with Gasteiger partial charge in [-0.25, -0.2) is 4.39 Å². The number of benzene rings is 1. The van der Waals surface area contributed by atoms with E-state index in [1.54, 1.807) is 12.1 Å². The molecule has 0 radical (unpaired) electrons. The summed E-state index contributed by atoms with van der Waals surface area (Å²) in [5.41, 5.74) is 0.919. The molecule has 1 aromatic rings. The zero-order valence-corrected chi connectivity index (χ0v) is 12.1. The van der Waals surface area contributed by atoms with Gasteiger partial charge in [-0.2, -0.15) is 0 Å². The van der Waals surface area contributed by atoms with Crippen molar-refractivity contribution in [2.24, 2.45) is 0 Å². The monoisotopic (exact) mass is 294 g/mol. The van der Waals surface area contributed by atoms with Gasteiger partial charge in [0.25, 0.3) is 0 Å². The van der Waals surface area contributed by atoms with Crippen LogP contribution in [0, 0.1) is 5.82 Å². The first-order valence-corrected chi connectivity index (χ1v) is 7.10. The van der Waals surface area contributed by atoms with Crippen LogP contribution in [0.4, 0.5) is 4.39 Å². The van der Waals surface area contributed by atoms with E-state index in [9.17, 15) is 9.18 Å². The molecule has 0 aliphatic carbocycles. The third-order valence-electron chi connectivity index (χ3n) is 3.21. The summed E-state index contributed by atoms with van der Waals surface area (Å²) in [6.45, 7) is 4.00. The minimum atomic E-state index is -0.499. The van der Waals surface area contributed by atoms with E-state index in [0.717, 1.165) is 18.7 Å². The lowest BCUT2D eigenvalue weighted by Crippen LogP contribution is -2.52. The smallest absolute Gasteiger partial charge is 0.408 e. The summed E-state index contributed by atoms with van der Waals surface area (Å²) < 4.78 is 24.3. The summed E-state index contributed by atoms with van der Waals surface area (Å²) in [6.07, 6.45) is 0.526. The third-order valence-corrected chi connectivity index (χ3v) is 3.21. The van der Waals surface area contributed by atoms with Crippen LogP contribution in [0.2, 0.25) is 0 Å². The molecule has 114 valence electrons. The average Bonchev–Trinajstić information content (AvgIpc) is 2.40. The maximum Gasteiger partial charge on any atom is 0.481 e. The van der Waals surface area contributed by atoms with Crippen molar-refractivity contribution < 1.29 is 18.5 Å². The lowest BCUT2D eigenvalue weighted by atomic mass is 9.74. The minimum absolute atomic E-state index is 0.144. The Morgan fingerprint density at radius 2 is 1.95 bits per heavy atom. The molecule has 0 spiro atoms. The van der Waals surface area contributed by atoms with E-state index in [0.29, 0.717) is 19.6 Å².